The number of alkyl halides is 1. The van der Waals surface area contributed by atoms with Crippen molar-refractivity contribution in [1.82, 2.24) is 5.32 Å². The van der Waals surface area contributed by atoms with E-state index >= 15 is 0 Å². The van der Waals surface area contributed by atoms with Crippen LogP contribution in [0.15, 0.2) is 0 Å². The fraction of sp³-hybridized carbons (Fsp3) is 0.900. The van der Waals surface area contributed by atoms with Crippen molar-refractivity contribution in [2.75, 3.05) is 11.0 Å². The van der Waals surface area contributed by atoms with Gasteiger partial charge in [0.25, 0.3) is 0 Å². The molecule has 78 valence electrons. The predicted octanol–water partition coefficient (Wildman–Crippen LogP) is 2.75. The largest absolute Gasteiger partial charge is 0.356 e. The van der Waals surface area contributed by atoms with E-state index < -0.39 is 0 Å². The summed E-state index contributed by atoms with van der Waals surface area (Å²) in [6.45, 7) is 4.98. The summed E-state index contributed by atoms with van der Waals surface area (Å²) < 4.78 is 1.22. The number of nitrogens with one attached hydrogen (secondary N) is 1. The van der Waals surface area contributed by atoms with E-state index in [1.807, 2.05) is 0 Å². The summed E-state index contributed by atoms with van der Waals surface area (Å²) in [7, 11) is 0. The lowest BCUT2D eigenvalue weighted by Crippen LogP contribution is -2.25. The average Bonchev–Trinajstić information content (AvgIpc) is 2.02. The molecule has 0 radical (unpaired) electrons. The number of amides is 1. The normalized spacial score (nSPS) is 10.5. The molecule has 0 aliphatic carbocycles. The summed E-state index contributed by atoms with van der Waals surface area (Å²) in [4.78, 5) is 11.2. The molecular formula is C10H20INO. The highest BCUT2D eigenvalue weighted by molar-refractivity contribution is 14.1. The Morgan fingerprint density at radius 3 is 2.54 bits per heavy atom. The van der Waals surface area contributed by atoms with Crippen LogP contribution in [0.5, 0.6) is 0 Å². The van der Waals surface area contributed by atoms with Crippen LogP contribution in [0, 0.1) is 5.92 Å². The zero-order valence-corrected chi connectivity index (χ0v) is 10.8. The molecule has 1 amide bonds. The maximum Gasteiger partial charge on any atom is 0.220 e. The van der Waals surface area contributed by atoms with Gasteiger partial charge >= 0.3 is 0 Å². The second kappa shape index (κ2) is 8.78. The first-order valence-electron chi connectivity index (χ1n) is 4.99. The molecule has 3 heteroatoms. The lowest BCUT2D eigenvalue weighted by molar-refractivity contribution is -0.121. The monoisotopic (exact) mass is 297 g/mol. The SMILES string of the molecule is CC(C)CC(=O)NCCCCCI. The molecule has 13 heavy (non-hydrogen) atoms. The number of halogens is 1. The minimum absolute atomic E-state index is 0.199. The van der Waals surface area contributed by atoms with Crippen LogP contribution in [0.25, 0.3) is 0 Å². The van der Waals surface area contributed by atoms with Crippen molar-refractivity contribution < 1.29 is 4.79 Å². The highest BCUT2D eigenvalue weighted by Gasteiger charge is 2.02. The van der Waals surface area contributed by atoms with E-state index in [-0.39, 0.29) is 5.91 Å². The van der Waals surface area contributed by atoms with Crippen molar-refractivity contribution in [2.24, 2.45) is 5.92 Å². The highest BCUT2D eigenvalue weighted by Crippen LogP contribution is 2.00. The maximum absolute atomic E-state index is 11.2. The third-order valence-electron chi connectivity index (χ3n) is 1.73. The van der Waals surface area contributed by atoms with Crippen LogP contribution in [0.1, 0.15) is 39.5 Å². The number of hydrogen-bond donors (Lipinski definition) is 1. The number of rotatable bonds is 7. The first kappa shape index (κ1) is 13.2. The summed E-state index contributed by atoms with van der Waals surface area (Å²) in [6.07, 6.45) is 4.27. The second-order valence-electron chi connectivity index (χ2n) is 3.70. The molecule has 0 saturated carbocycles. The zero-order valence-electron chi connectivity index (χ0n) is 8.61. The molecule has 0 aliphatic rings. The van der Waals surface area contributed by atoms with Crippen molar-refractivity contribution in [3.05, 3.63) is 0 Å². The third-order valence-corrected chi connectivity index (χ3v) is 2.49. The van der Waals surface area contributed by atoms with E-state index in [9.17, 15) is 4.79 Å². The van der Waals surface area contributed by atoms with Crippen LogP contribution < -0.4 is 5.32 Å². The zero-order chi connectivity index (χ0) is 10.1. The van der Waals surface area contributed by atoms with Crippen LogP contribution in [0.3, 0.4) is 0 Å². The van der Waals surface area contributed by atoms with E-state index in [1.165, 1.54) is 17.3 Å². The maximum atomic E-state index is 11.2. The molecule has 0 unspecified atom stereocenters. The van der Waals surface area contributed by atoms with Gasteiger partial charge in [0.15, 0.2) is 0 Å². The van der Waals surface area contributed by atoms with Crippen LogP contribution >= 0.6 is 22.6 Å². The summed E-state index contributed by atoms with van der Waals surface area (Å²) in [5, 5.41) is 2.93. The van der Waals surface area contributed by atoms with Gasteiger partial charge in [-0.1, -0.05) is 42.9 Å². The Morgan fingerprint density at radius 1 is 1.31 bits per heavy atom. The molecule has 0 heterocycles. The van der Waals surface area contributed by atoms with Gasteiger partial charge in [0.05, 0.1) is 0 Å². The molecule has 0 spiro atoms. The first-order chi connectivity index (χ1) is 6.16. The Labute approximate surface area is 95.0 Å². The van der Waals surface area contributed by atoms with Gasteiger partial charge in [-0.25, -0.2) is 0 Å². The standard InChI is InChI=1S/C10H20INO/c1-9(2)8-10(13)12-7-5-3-4-6-11/h9H,3-8H2,1-2H3,(H,12,13). The number of hydrogen-bond acceptors (Lipinski definition) is 1. The van der Waals surface area contributed by atoms with Crippen molar-refractivity contribution in [3.8, 4) is 0 Å². The van der Waals surface area contributed by atoms with Gasteiger partial charge in [-0.05, 0) is 23.2 Å². The molecule has 0 aliphatic heterocycles. The lowest BCUT2D eigenvalue weighted by atomic mass is 10.1. The van der Waals surface area contributed by atoms with Crippen molar-refractivity contribution in [3.63, 3.8) is 0 Å². The van der Waals surface area contributed by atoms with Gasteiger partial charge < -0.3 is 5.32 Å². The van der Waals surface area contributed by atoms with Gasteiger partial charge in [-0.3, -0.25) is 4.79 Å². The number of unbranched alkanes of at least 4 members (excludes halogenated alkanes) is 2. The fourth-order valence-electron chi connectivity index (χ4n) is 1.07. The Bertz CT molecular complexity index is 137. The summed E-state index contributed by atoms with van der Waals surface area (Å²) >= 11 is 2.38. The predicted molar refractivity (Wildman–Crippen MR) is 65.2 cm³/mol. The Morgan fingerprint density at radius 2 is 2.00 bits per heavy atom. The Kier molecular flexibility index (Phi) is 8.92. The lowest BCUT2D eigenvalue weighted by Gasteiger charge is -2.06. The molecule has 0 fully saturated rings. The summed E-state index contributed by atoms with van der Waals surface area (Å²) in [5.74, 6) is 0.666. The first-order valence-corrected chi connectivity index (χ1v) is 6.52. The average molecular weight is 297 g/mol. The third kappa shape index (κ3) is 10.1. The van der Waals surface area contributed by atoms with Crippen LogP contribution in [-0.4, -0.2) is 16.9 Å². The molecule has 0 aromatic rings. The molecule has 2 nitrogen and oxygen atoms in total. The van der Waals surface area contributed by atoms with E-state index in [2.05, 4.69) is 41.8 Å². The van der Waals surface area contributed by atoms with Gasteiger partial charge in [0, 0.05) is 13.0 Å². The number of carbonyl (C=O) groups is 1. The summed E-state index contributed by atoms with van der Waals surface area (Å²) in [6, 6.07) is 0. The van der Waals surface area contributed by atoms with Crippen LogP contribution in [0.2, 0.25) is 0 Å². The van der Waals surface area contributed by atoms with E-state index in [0.29, 0.717) is 12.3 Å². The van der Waals surface area contributed by atoms with Crippen LogP contribution in [0.4, 0.5) is 0 Å². The molecule has 1 N–H and O–H groups in total. The molecule has 0 aromatic carbocycles. The van der Waals surface area contributed by atoms with Gasteiger partial charge in [0.2, 0.25) is 5.91 Å². The van der Waals surface area contributed by atoms with Crippen LogP contribution in [-0.2, 0) is 4.79 Å². The summed E-state index contributed by atoms with van der Waals surface area (Å²) in [5.41, 5.74) is 0. The van der Waals surface area contributed by atoms with E-state index in [4.69, 9.17) is 0 Å². The highest BCUT2D eigenvalue weighted by atomic mass is 127. The molecule has 0 atom stereocenters. The van der Waals surface area contributed by atoms with Crippen molar-refractivity contribution >= 4 is 28.5 Å². The quantitative estimate of drug-likeness (QED) is 0.437. The Balaban J connectivity index is 3.17. The van der Waals surface area contributed by atoms with E-state index in [0.717, 1.165) is 13.0 Å². The molecule has 0 rings (SSSR count). The minimum atomic E-state index is 0.199. The second-order valence-corrected chi connectivity index (χ2v) is 4.78. The molecule has 0 bridgehead atoms. The van der Waals surface area contributed by atoms with Gasteiger partial charge in [-0.15, -0.1) is 0 Å². The van der Waals surface area contributed by atoms with Gasteiger partial charge in [0.1, 0.15) is 0 Å². The molecule has 0 saturated heterocycles. The van der Waals surface area contributed by atoms with Crippen molar-refractivity contribution in [2.45, 2.75) is 39.5 Å². The van der Waals surface area contributed by atoms with E-state index in [1.54, 1.807) is 0 Å². The minimum Gasteiger partial charge on any atom is -0.356 e. The van der Waals surface area contributed by atoms with Crippen molar-refractivity contribution in [1.29, 1.82) is 0 Å². The smallest absolute Gasteiger partial charge is 0.220 e. The molecule has 0 aromatic heterocycles. The Hall–Kier alpha value is 0.200. The van der Waals surface area contributed by atoms with Gasteiger partial charge in [-0.2, -0.15) is 0 Å². The topological polar surface area (TPSA) is 29.1 Å². The number of carbonyl (C=O) groups excluding carboxylic acids is 1. The molecular weight excluding hydrogens is 277 g/mol. The fourth-order valence-corrected chi connectivity index (χ4v) is 1.61.